The molecule has 36 heavy (non-hydrogen) atoms. The molecule has 0 aromatic heterocycles. The maximum absolute atomic E-state index is 14.0. The van der Waals surface area contributed by atoms with Crippen LogP contribution in [-0.4, -0.2) is 36.2 Å². The Bertz CT molecular complexity index is 1130. The first-order valence-electron chi connectivity index (χ1n) is 13.0. The number of hydroxylamine groups is 1. The van der Waals surface area contributed by atoms with Gasteiger partial charge in [0.1, 0.15) is 23.3 Å². The van der Waals surface area contributed by atoms with Gasteiger partial charge < -0.3 is 9.47 Å². The normalized spacial score (nSPS) is 27.6. The number of hydrogen-bond donors (Lipinski definition) is 0. The van der Waals surface area contributed by atoms with Crippen molar-refractivity contribution >= 4 is 23.2 Å². The highest BCUT2D eigenvalue weighted by Crippen LogP contribution is 2.49. The van der Waals surface area contributed by atoms with Crippen LogP contribution in [0.2, 0.25) is 0 Å². The maximum atomic E-state index is 14.0. The lowest BCUT2D eigenvalue weighted by Crippen LogP contribution is -2.56. The number of rotatable bonds is 8. The number of imide groups is 1. The first-order chi connectivity index (χ1) is 17.5. The Labute approximate surface area is 212 Å². The third kappa shape index (κ3) is 4.05. The lowest BCUT2D eigenvalue weighted by molar-refractivity contribution is -0.127. The average molecular weight is 491 g/mol. The summed E-state index contributed by atoms with van der Waals surface area (Å²) in [6, 6.07) is 16.3. The van der Waals surface area contributed by atoms with Gasteiger partial charge in [-0.3, -0.25) is 14.4 Å². The fraction of sp³-hybridized carbons (Fsp3) is 0.448. The topological polar surface area (TPSA) is 68.3 Å². The van der Waals surface area contributed by atoms with Gasteiger partial charge in [0, 0.05) is 0 Å². The molecule has 3 aliphatic heterocycles. The first-order valence-corrected chi connectivity index (χ1v) is 13.0. The van der Waals surface area contributed by atoms with E-state index in [1.165, 1.54) is 10.5 Å². The molecule has 2 fully saturated rings. The molecule has 0 saturated carbocycles. The van der Waals surface area contributed by atoms with Gasteiger partial charge in [0.25, 0.3) is 5.91 Å². The minimum absolute atomic E-state index is 0.252. The van der Waals surface area contributed by atoms with Crippen molar-refractivity contribution in [2.24, 2.45) is 5.92 Å². The Hall–Kier alpha value is -3.32. The summed E-state index contributed by atoms with van der Waals surface area (Å²) in [6.07, 6.45) is 5.13. The molecule has 2 amide bonds. The fourth-order valence-electron chi connectivity index (χ4n) is 5.55. The lowest BCUT2D eigenvalue weighted by atomic mass is 9.76. The number of ether oxygens (including phenoxy) is 2. The molecule has 3 aliphatic rings. The molecule has 2 aromatic rings. The summed E-state index contributed by atoms with van der Waals surface area (Å²) >= 11 is 0. The number of allylic oxidation sites excluding steroid dienone is 1. The Kier molecular flexibility index (Phi) is 6.75. The van der Waals surface area contributed by atoms with Crippen molar-refractivity contribution in [3.63, 3.8) is 0 Å². The molecule has 4 atom stereocenters. The average Bonchev–Trinajstić information content (AvgIpc) is 3.44. The van der Waals surface area contributed by atoms with Crippen LogP contribution in [0.15, 0.2) is 66.4 Å². The van der Waals surface area contributed by atoms with Crippen LogP contribution in [0.4, 0.5) is 11.4 Å². The Morgan fingerprint density at radius 2 is 1.72 bits per heavy atom. The van der Waals surface area contributed by atoms with E-state index in [4.69, 9.17) is 14.3 Å². The fourth-order valence-corrected chi connectivity index (χ4v) is 5.55. The molecule has 0 radical (unpaired) electrons. The summed E-state index contributed by atoms with van der Waals surface area (Å²) in [5, 5.41) is 1.76. The van der Waals surface area contributed by atoms with Gasteiger partial charge in [-0.25, -0.2) is 9.96 Å². The zero-order chi connectivity index (χ0) is 25.3. The molecule has 3 heterocycles. The molecule has 190 valence electrons. The van der Waals surface area contributed by atoms with Crippen LogP contribution in [-0.2, 0) is 19.2 Å². The quantitative estimate of drug-likeness (QED) is 0.461. The molecule has 0 spiro atoms. The molecule has 0 unspecified atom stereocenters. The van der Waals surface area contributed by atoms with Gasteiger partial charge >= 0.3 is 0 Å². The second kappa shape index (κ2) is 9.97. The monoisotopic (exact) mass is 490 g/mol. The molecule has 7 heteroatoms. The van der Waals surface area contributed by atoms with Crippen molar-refractivity contribution < 1.29 is 23.9 Å². The van der Waals surface area contributed by atoms with Crippen LogP contribution >= 0.6 is 0 Å². The van der Waals surface area contributed by atoms with Gasteiger partial charge in [-0.1, -0.05) is 39.0 Å². The molecule has 5 rings (SSSR count). The minimum Gasteiger partial charge on any atom is -0.494 e. The van der Waals surface area contributed by atoms with Crippen molar-refractivity contribution in [1.82, 2.24) is 0 Å². The standard InChI is InChI=1S/C29H34N2O5/c1-4-18-34-23-14-12-21(13-15-23)30-27(32)24-25(28(30)33)36-31(22-10-8-7-9-11-22)26(24)29(6-3)17-16-20(5-2)19-35-29/h7-15,19,24-26H,4-6,16-18H2,1-3H3/t24-,25+,26+,29+/m0/s1. The van der Waals surface area contributed by atoms with Crippen molar-refractivity contribution in [3.8, 4) is 5.75 Å². The Balaban J connectivity index is 1.51. The molecule has 0 aliphatic carbocycles. The summed E-state index contributed by atoms with van der Waals surface area (Å²) in [4.78, 5) is 35.2. The van der Waals surface area contributed by atoms with Crippen molar-refractivity contribution in [1.29, 1.82) is 0 Å². The zero-order valence-corrected chi connectivity index (χ0v) is 21.2. The second-order valence-electron chi connectivity index (χ2n) is 9.68. The molecule has 2 aromatic carbocycles. The first kappa shape index (κ1) is 24.4. The highest BCUT2D eigenvalue weighted by Gasteiger charge is 2.65. The number of carbonyl (C=O) groups is 2. The van der Waals surface area contributed by atoms with E-state index in [0.717, 1.165) is 31.4 Å². The van der Waals surface area contributed by atoms with Gasteiger partial charge in [-0.2, -0.15) is 0 Å². The molecule has 0 N–H and O–H groups in total. The van der Waals surface area contributed by atoms with Crippen molar-refractivity contribution in [2.75, 3.05) is 16.6 Å². The Morgan fingerprint density at radius 3 is 2.33 bits per heavy atom. The van der Waals surface area contributed by atoms with E-state index in [1.54, 1.807) is 29.3 Å². The number of hydrogen-bond acceptors (Lipinski definition) is 6. The van der Waals surface area contributed by atoms with Crippen LogP contribution in [0.5, 0.6) is 5.75 Å². The van der Waals surface area contributed by atoms with Gasteiger partial charge in [0.2, 0.25) is 5.91 Å². The van der Waals surface area contributed by atoms with E-state index in [-0.39, 0.29) is 11.8 Å². The van der Waals surface area contributed by atoms with Crippen LogP contribution in [0.1, 0.15) is 52.9 Å². The number of anilines is 2. The number of carbonyl (C=O) groups excluding carboxylic acids is 2. The van der Waals surface area contributed by atoms with Gasteiger partial charge in [0.15, 0.2) is 6.10 Å². The highest BCUT2D eigenvalue weighted by atomic mass is 16.7. The highest BCUT2D eigenvalue weighted by molar-refractivity contribution is 6.24. The van der Waals surface area contributed by atoms with Crippen LogP contribution < -0.4 is 14.7 Å². The lowest BCUT2D eigenvalue weighted by Gasteiger charge is -2.45. The summed E-state index contributed by atoms with van der Waals surface area (Å²) < 4.78 is 12.1. The van der Waals surface area contributed by atoms with Gasteiger partial charge in [0.05, 0.1) is 24.2 Å². The van der Waals surface area contributed by atoms with Crippen LogP contribution in [0, 0.1) is 5.92 Å². The van der Waals surface area contributed by atoms with E-state index >= 15 is 0 Å². The van der Waals surface area contributed by atoms with Crippen LogP contribution in [0.25, 0.3) is 0 Å². The SMILES string of the molecule is CCCOc1ccc(N2C(=O)[C@H]3[C@@H](ON(c4ccccc4)[C@H]3[C@@]3(CC)CCC(CC)=CO3)C2=O)cc1. The van der Waals surface area contributed by atoms with E-state index in [9.17, 15) is 9.59 Å². The second-order valence-corrected chi connectivity index (χ2v) is 9.68. The summed E-state index contributed by atoms with van der Waals surface area (Å²) in [7, 11) is 0. The predicted octanol–water partition coefficient (Wildman–Crippen LogP) is 5.41. The summed E-state index contributed by atoms with van der Waals surface area (Å²) in [5.74, 6) is -0.562. The molecular formula is C29H34N2O5. The largest absolute Gasteiger partial charge is 0.494 e. The molecule has 2 saturated heterocycles. The van der Waals surface area contributed by atoms with E-state index < -0.39 is 23.7 Å². The summed E-state index contributed by atoms with van der Waals surface area (Å²) in [5.41, 5.74) is 1.93. The van der Waals surface area contributed by atoms with Crippen LogP contribution in [0.3, 0.4) is 0 Å². The minimum atomic E-state index is -0.901. The van der Waals surface area contributed by atoms with E-state index in [0.29, 0.717) is 24.5 Å². The maximum Gasteiger partial charge on any atom is 0.266 e. The number of nitrogens with zero attached hydrogens (tertiary/aromatic N) is 2. The number of fused-ring (bicyclic) bond motifs is 1. The van der Waals surface area contributed by atoms with Gasteiger partial charge in [-0.05, 0) is 74.1 Å². The predicted molar refractivity (Wildman–Crippen MR) is 138 cm³/mol. The molecular weight excluding hydrogens is 456 g/mol. The van der Waals surface area contributed by atoms with Crippen molar-refractivity contribution in [3.05, 3.63) is 66.4 Å². The van der Waals surface area contributed by atoms with E-state index in [2.05, 4.69) is 13.8 Å². The number of benzene rings is 2. The molecule has 7 nitrogen and oxygen atoms in total. The third-order valence-corrected chi connectivity index (χ3v) is 7.62. The van der Waals surface area contributed by atoms with Crippen molar-refractivity contribution in [2.45, 2.75) is 70.6 Å². The third-order valence-electron chi connectivity index (χ3n) is 7.62. The summed E-state index contributed by atoms with van der Waals surface area (Å²) in [6.45, 7) is 6.86. The Morgan fingerprint density at radius 1 is 0.972 bits per heavy atom. The number of para-hydroxylation sites is 1. The van der Waals surface area contributed by atoms with Gasteiger partial charge in [-0.15, -0.1) is 0 Å². The molecule has 0 bridgehead atoms. The number of amides is 2. The zero-order valence-electron chi connectivity index (χ0n) is 21.2. The van der Waals surface area contributed by atoms with E-state index in [1.807, 2.05) is 43.5 Å². The smallest absolute Gasteiger partial charge is 0.266 e.